The fraction of sp³-hybridized carbons (Fsp3) is 0.471. The first-order valence-corrected chi connectivity index (χ1v) is 8.15. The zero-order valence-corrected chi connectivity index (χ0v) is 14.4. The predicted octanol–water partition coefficient (Wildman–Crippen LogP) is 1.53. The molecule has 0 spiro atoms. The Morgan fingerprint density at radius 2 is 1.74 bits per heavy atom. The molecule has 1 aliphatic rings. The summed E-state index contributed by atoms with van der Waals surface area (Å²) in [6, 6.07) is 9.99. The van der Waals surface area contributed by atoms with Gasteiger partial charge >= 0.3 is 18.1 Å². The number of halogens is 3. The SMILES string of the molecule is O=C(O)C(F)(F)F.O=C(O)CN1CCC(NC(=O)CCc2ccccc2)C1. The molecule has 7 nitrogen and oxygen atoms in total. The number of carboxylic acid groups (broad SMARTS) is 2. The molecule has 1 aromatic carbocycles. The number of alkyl halides is 3. The first-order valence-electron chi connectivity index (χ1n) is 8.15. The number of aryl methyl sites for hydroxylation is 1. The van der Waals surface area contributed by atoms with Crippen molar-refractivity contribution in [1.29, 1.82) is 0 Å². The molecular weight excluding hydrogens is 369 g/mol. The molecule has 1 aliphatic heterocycles. The Kier molecular flexibility index (Phi) is 8.73. The topological polar surface area (TPSA) is 107 Å². The molecule has 1 unspecified atom stereocenters. The lowest BCUT2D eigenvalue weighted by Gasteiger charge is -2.14. The normalized spacial score (nSPS) is 16.9. The second kappa shape index (κ2) is 10.5. The molecule has 2 rings (SSSR count). The van der Waals surface area contributed by atoms with Crippen LogP contribution in [0.3, 0.4) is 0 Å². The van der Waals surface area contributed by atoms with E-state index in [9.17, 15) is 22.8 Å². The maximum Gasteiger partial charge on any atom is 0.490 e. The number of benzene rings is 1. The van der Waals surface area contributed by atoms with Crippen molar-refractivity contribution in [2.75, 3.05) is 19.6 Å². The third-order valence-corrected chi connectivity index (χ3v) is 3.72. The number of carboxylic acids is 2. The number of carbonyl (C=O) groups is 3. The van der Waals surface area contributed by atoms with Crippen molar-refractivity contribution < 1.29 is 37.8 Å². The summed E-state index contributed by atoms with van der Waals surface area (Å²) in [5.74, 6) is -3.54. The molecule has 1 aromatic rings. The smallest absolute Gasteiger partial charge is 0.480 e. The molecule has 0 saturated carbocycles. The van der Waals surface area contributed by atoms with Gasteiger partial charge in [0.15, 0.2) is 0 Å². The minimum absolute atomic E-state index is 0.0380. The van der Waals surface area contributed by atoms with Gasteiger partial charge in [0.05, 0.1) is 6.54 Å². The van der Waals surface area contributed by atoms with E-state index in [1.165, 1.54) is 0 Å². The van der Waals surface area contributed by atoms with E-state index in [0.29, 0.717) is 13.0 Å². The Hall–Kier alpha value is -2.62. The second-order valence-corrected chi connectivity index (χ2v) is 5.97. The zero-order valence-electron chi connectivity index (χ0n) is 14.4. The van der Waals surface area contributed by atoms with Crippen LogP contribution < -0.4 is 5.32 Å². The van der Waals surface area contributed by atoms with E-state index in [1.54, 1.807) is 0 Å². The standard InChI is InChI=1S/C15H20N2O3.C2HF3O2/c18-14(7-6-12-4-2-1-3-5-12)16-13-8-9-17(10-13)11-15(19)20;3-2(4,5)1(6)7/h1-5,13H,6-11H2,(H,16,18)(H,19,20);(H,6,7). The van der Waals surface area contributed by atoms with Gasteiger partial charge in [0.25, 0.3) is 0 Å². The van der Waals surface area contributed by atoms with Crippen molar-refractivity contribution in [3.63, 3.8) is 0 Å². The van der Waals surface area contributed by atoms with E-state index in [4.69, 9.17) is 15.0 Å². The minimum Gasteiger partial charge on any atom is -0.480 e. The largest absolute Gasteiger partial charge is 0.490 e. The van der Waals surface area contributed by atoms with Crippen LogP contribution in [0.4, 0.5) is 13.2 Å². The van der Waals surface area contributed by atoms with Crippen LogP contribution in [-0.4, -0.2) is 64.8 Å². The first kappa shape index (κ1) is 22.4. The number of hydrogen-bond donors (Lipinski definition) is 3. The van der Waals surface area contributed by atoms with Gasteiger partial charge in [-0.05, 0) is 18.4 Å². The van der Waals surface area contributed by atoms with Crippen LogP contribution in [0.2, 0.25) is 0 Å². The highest BCUT2D eigenvalue weighted by molar-refractivity contribution is 5.76. The Labute approximate surface area is 153 Å². The maximum atomic E-state index is 11.9. The molecule has 1 fully saturated rings. The monoisotopic (exact) mass is 390 g/mol. The molecule has 27 heavy (non-hydrogen) atoms. The van der Waals surface area contributed by atoms with E-state index < -0.39 is 18.1 Å². The lowest BCUT2D eigenvalue weighted by Crippen LogP contribution is -2.38. The van der Waals surface area contributed by atoms with Crippen molar-refractivity contribution >= 4 is 17.8 Å². The summed E-state index contributed by atoms with van der Waals surface area (Å²) in [7, 11) is 0. The van der Waals surface area contributed by atoms with Gasteiger partial charge in [0.2, 0.25) is 5.91 Å². The molecule has 3 N–H and O–H groups in total. The molecule has 1 amide bonds. The molecule has 1 heterocycles. The summed E-state index contributed by atoms with van der Waals surface area (Å²) in [6.07, 6.45) is -3.05. The van der Waals surface area contributed by atoms with Gasteiger partial charge in [-0.1, -0.05) is 30.3 Å². The molecule has 0 aromatic heterocycles. The number of aliphatic carboxylic acids is 2. The van der Waals surface area contributed by atoms with Gasteiger partial charge in [-0.2, -0.15) is 13.2 Å². The fourth-order valence-electron chi connectivity index (χ4n) is 2.49. The third-order valence-electron chi connectivity index (χ3n) is 3.72. The highest BCUT2D eigenvalue weighted by atomic mass is 19.4. The van der Waals surface area contributed by atoms with Gasteiger partial charge in [-0.25, -0.2) is 4.79 Å². The van der Waals surface area contributed by atoms with Crippen LogP contribution in [0, 0.1) is 0 Å². The van der Waals surface area contributed by atoms with E-state index in [2.05, 4.69) is 5.32 Å². The van der Waals surface area contributed by atoms with Crippen LogP contribution in [0.15, 0.2) is 30.3 Å². The Morgan fingerprint density at radius 3 is 2.26 bits per heavy atom. The molecule has 1 atom stereocenters. The highest BCUT2D eigenvalue weighted by Crippen LogP contribution is 2.13. The van der Waals surface area contributed by atoms with Crippen molar-refractivity contribution in [2.24, 2.45) is 0 Å². The van der Waals surface area contributed by atoms with Gasteiger partial charge in [0, 0.05) is 25.6 Å². The maximum absolute atomic E-state index is 11.9. The molecule has 1 saturated heterocycles. The summed E-state index contributed by atoms with van der Waals surface area (Å²) >= 11 is 0. The van der Waals surface area contributed by atoms with Gasteiger partial charge in [-0.3, -0.25) is 14.5 Å². The van der Waals surface area contributed by atoms with Crippen molar-refractivity contribution in [3.05, 3.63) is 35.9 Å². The van der Waals surface area contributed by atoms with E-state index >= 15 is 0 Å². The van der Waals surface area contributed by atoms with Crippen LogP contribution in [0.5, 0.6) is 0 Å². The Balaban J connectivity index is 0.000000445. The van der Waals surface area contributed by atoms with Crippen LogP contribution in [-0.2, 0) is 20.8 Å². The zero-order chi connectivity index (χ0) is 20.4. The quantitative estimate of drug-likeness (QED) is 0.680. The Morgan fingerprint density at radius 1 is 1.15 bits per heavy atom. The molecular formula is C17H21F3N2O5. The van der Waals surface area contributed by atoms with Gasteiger partial charge < -0.3 is 15.5 Å². The van der Waals surface area contributed by atoms with Crippen LogP contribution >= 0.6 is 0 Å². The highest BCUT2D eigenvalue weighted by Gasteiger charge is 2.38. The van der Waals surface area contributed by atoms with E-state index in [0.717, 1.165) is 24.9 Å². The number of rotatable bonds is 6. The van der Waals surface area contributed by atoms with E-state index in [-0.39, 0.29) is 18.5 Å². The fourth-order valence-corrected chi connectivity index (χ4v) is 2.49. The second-order valence-electron chi connectivity index (χ2n) is 5.97. The molecule has 0 bridgehead atoms. The van der Waals surface area contributed by atoms with Crippen LogP contribution in [0.25, 0.3) is 0 Å². The number of carbonyl (C=O) groups excluding carboxylic acids is 1. The van der Waals surface area contributed by atoms with E-state index in [1.807, 2.05) is 35.2 Å². The third kappa shape index (κ3) is 9.59. The number of nitrogens with one attached hydrogen (secondary N) is 1. The number of hydrogen-bond acceptors (Lipinski definition) is 4. The summed E-state index contributed by atoms with van der Waals surface area (Å²) in [6.45, 7) is 1.41. The number of nitrogens with zero attached hydrogens (tertiary/aromatic N) is 1. The average Bonchev–Trinajstić information content (AvgIpc) is 2.99. The molecule has 150 valence electrons. The van der Waals surface area contributed by atoms with Crippen molar-refractivity contribution in [1.82, 2.24) is 10.2 Å². The van der Waals surface area contributed by atoms with Gasteiger partial charge in [-0.15, -0.1) is 0 Å². The predicted molar refractivity (Wildman–Crippen MR) is 89.1 cm³/mol. The summed E-state index contributed by atoms with van der Waals surface area (Å²) in [5.41, 5.74) is 1.15. The van der Waals surface area contributed by atoms with Crippen LogP contribution in [0.1, 0.15) is 18.4 Å². The number of amides is 1. The lowest BCUT2D eigenvalue weighted by molar-refractivity contribution is -0.192. The summed E-state index contributed by atoms with van der Waals surface area (Å²) < 4.78 is 31.7. The summed E-state index contributed by atoms with van der Waals surface area (Å²) in [4.78, 5) is 33.2. The van der Waals surface area contributed by atoms with Gasteiger partial charge in [0.1, 0.15) is 0 Å². The van der Waals surface area contributed by atoms with Crippen molar-refractivity contribution in [2.45, 2.75) is 31.5 Å². The molecule has 0 radical (unpaired) electrons. The summed E-state index contributed by atoms with van der Waals surface area (Å²) in [5, 5.41) is 18.8. The number of likely N-dealkylation sites (tertiary alicyclic amines) is 1. The molecule has 10 heteroatoms. The van der Waals surface area contributed by atoms with Crippen molar-refractivity contribution in [3.8, 4) is 0 Å². The molecule has 0 aliphatic carbocycles. The first-order chi connectivity index (χ1) is 12.6. The minimum atomic E-state index is -5.08. The lowest BCUT2D eigenvalue weighted by atomic mass is 10.1. The average molecular weight is 390 g/mol. The Bertz CT molecular complexity index is 637.